The number of carbonyl (C=O) groups excluding carboxylic acids is 2. The molecule has 0 saturated carbocycles. The van der Waals surface area contributed by atoms with E-state index in [9.17, 15) is 14.0 Å². The van der Waals surface area contributed by atoms with Crippen LogP contribution >= 0.6 is 0 Å². The summed E-state index contributed by atoms with van der Waals surface area (Å²) in [6, 6.07) is 11.1. The van der Waals surface area contributed by atoms with Gasteiger partial charge in [-0.05, 0) is 60.7 Å². The number of carbonyl (C=O) groups is 2. The summed E-state index contributed by atoms with van der Waals surface area (Å²) in [4.78, 5) is 26.9. The van der Waals surface area contributed by atoms with Gasteiger partial charge in [0.15, 0.2) is 17.3 Å². The standard InChI is InChI=1S/C26H25FN2O4/c1-14-22(25(31)29-17-7-5-16(27)6-8-17)23(15-4-9-20-21(10-15)33-13-32-20)24-18(28-14)11-26(2,3)12-19(24)30/h4-10,23,28H,11-13H2,1-3H3,(H,29,31). The topological polar surface area (TPSA) is 76.7 Å². The highest BCUT2D eigenvalue weighted by Crippen LogP contribution is 2.48. The van der Waals surface area contributed by atoms with Crippen molar-refractivity contribution >= 4 is 17.4 Å². The second-order valence-electron chi connectivity index (χ2n) is 9.50. The fourth-order valence-corrected chi connectivity index (χ4v) is 4.89. The summed E-state index contributed by atoms with van der Waals surface area (Å²) in [6.45, 7) is 6.12. The number of ketones is 1. The number of halogens is 1. The molecule has 6 nitrogen and oxygen atoms in total. The molecule has 0 fully saturated rings. The number of hydrogen-bond donors (Lipinski definition) is 2. The van der Waals surface area contributed by atoms with E-state index < -0.39 is 5.92 Å². The van der Waals surface area contributed by atoms with Crippen molar-refractivity contribution in [2.24, 2.45) is 5.41 Å². The van der Waals surface area contributed by atoms with Crippen LogP contribution < -0.4 is 20.1 Å². The van der Waals surface area contributed by atoms with Gasteiger partial charge in [-0.15, -0.1) is 0 Å². The van der Waals surface area contributed by atoms with Gasteiger partial charge in [0.2, 0.25) is 6.79 Å². The molecule has 170 valence electrons. The molecule has 2 aliphatic heterocycles. The van der Waals surface area contributed by atoms with Crippen molar-refractivity contribution in [3.05, 3.63) is 76.4 Å². The molecule has 2 N–H and O–H groups in total. The van der Waals surface area contributed by atoms with Crippen LogP contribution in [0, 0.1) is 11.2 Å². The molecule has 33 heavy (non-hydrogen) atoms. The van der Waals surface area contributed by atoms with Crippen LogP contribution in [0.25, 0.3) is 0 Å². The quantitative estimate of drug-likeness (QED) is 0.706. The fourth-order valence-electron chi connectivity index (χ4n) is 4.89. The van der Waals surface area contributed by atoms with Crippen LogP contribution in [0.1, 0.15) is 45.1 Å². The van der Waals surface area contributed by atoms with Crippen LogP contribution in [0.3, 0.4) is 0 Å². The number of anilines is 1. The highest BCUT2D eigenvalue weighted by molar-refractivity contribution is 6.10. The van der Waals surface area contributed by atoms with Crippen molar-refractivity contribution in [3.8, 4) is 11.5 Å². The van der Waals surface area contributed by atoms with Crippen LogP contribution in [0.4, 0.5) is 10.1 Å². The number of nitrogens with one attached hydrogen (secondary N) is 2. The molecule has 0 aromatic heterocycles. The van der Waals surface area contributed by atoms with Crippen molar-refractivity contribution in [2.45, 2.75) is 39.5 Å². The number of dihydropyridines is 1. The highest BCUT2D eigenvalue weighted by atomic mass is 19.1. The van der Waals surface area contributed by atoms with Gasteiger partial charge in [-0.2, -0.15) is 0 Å². The Bertz CT molecular complexity index is 1230. The molecule has 5 rings (SSSR count). The predicted molar refractivity (Wildman–Crippen MR) is 121 cm³/mol. The van der Waals surface area contributed by atoms with E-state index in [0.29, 0.717) is 46.9 Å². The zero-order chi connectivity index (χ0) is 23.3. The van der Waals surface area contributed by atoms with Gasteiger partial charge in [0.05, 0.1) is 0 Å². The van der Waals surface area contributed by atoms with Crippen LogP contribution in [0.15, 0.2) is 65.0 Å². The number of fused-ring (bicyclic) bond motifs is 1. The first-order valence-electron chi connectivity index (χ1n) is 10.9. The van der Waals surface area contributed by atoms with Gasteiger partial charge < -0.3 is 20.1 Å². The zero-order valence-corrected chi connectivity index (χ0v) is 18.8. The number of benzene rings is 2. The van der Waals surface area contributed by atoms with E-state index in [1.165, 1.54) is 24.3 Å². The summed E-state index contributed by atoms with van der Waals surface area (Å²) in [7, 11) is 0. The minimum Gasteiger partial charge on any atom is -0.454 e. The molecule has 0 bridgehead atoms. The molecule has 2 heterocycles. The SMILES string of the molecule is CC1=C(C(=O)Nc2ccc(F)cc2)C(c2ccc3c(c2)OCO3)C2=C(CC(C)(C)CC2=O)N1. The van der Waals surface area contributed by atoms with Gasteiger partial charge in [-0.3, -0.25) is 9.59 Å². The average Bonchev–Trinajstić information content (AvgIpc) is 3.21. The Morgan fingerprint density at radius 2 is 1.82 bits per heavy atom. The smallest absolute Gasteiger partial charge is 0.254 e. The average molecular weight is 448 g/mol. The van der Waals surface area contributed by atoms with E-state index in [1.807, 2.05) is 25.1 Å². The number of allylic oxidation sites excluding steroid dienone is 3. The lowest BCUT2D eigenvalue weighted by Gasteiger charge is -2.39. The van der Waals surface area contributed by atoms with E-state index in [-0.39, 0.29) is 29.7 Å². The molecule has 2 aromatic rings. The van der Waals surface area contributed by atoms with Gasteiger partial charge >= 0.3 is 0 Å². The van der Waals surface area contributed by atoms with Gasteiger partial charge in [-0.25, -0.2) is 4.39 Å². The first kappa shape index (κ1) is 21.2. The minimum atomic E-state index is -0.556. The van der Waals surface area contributed by atoms with E-state index in [1.54, 1.807) is 0 Å². The highest BCUT2D eigenvalue weighted by Gasteiger charge is 2.43. The third kappa shape index (κ3) is 3.88. The van der Waals surface area contributed by atoms with Crippen molar-refractivity contribution < 1.29 is 23.5 Å². The molecule has 1 unspecified atom stereocenters. The molecule has 1 atom stereocenters. The lowest BCUT2D eigenvalue weighted by atomic mass is 9.68. The number of rotatable bonds is 3. The molecular formula is C26H25FN2O4. The molecule has 0 radical (unpaired) electrons. The first-order valence-corrected chi connectivity index (χ1v) is 10.9. The van der Waals surface area contributed by atoms with Gasteiger partial charge in [0, 0.05) is 40.6 Å². The Morgan fingerprint density at radius 1 is 1.09 bits per heavy atom. The zero-order valence-electron chi connectivity index (χ0n) is 18.8. The lowest BCUT2D eigenvalue weighted by Crippen LogP contribution is -2.39. The summed E-state index contributed by atoms with van der Waals surface area (Å²) in [5, 5.41) is 6.20. The van der Waals surface area contributed by atoms with Gasteiger partial charge in [0.25, 0.3) is 5.91 Å². The Labute approximate surface area is 191 Å². The van der Waals surface area contributed by atoms with E-state index in [0.717, 1.165) is 11.3 Å². The van der Waals surface area contributed by atoms with Crippen molar-refractivity contribution in [3.63, 3.8) is 0 Å². The maximum Gasteiger partial charge on any atom is 0.254 e. The van der Waals surface area contributed by atoms with Crippen molar-refractivity contribution in [1.82, 2.24) is 5.32 Å². The summed E-state index contributed by atoms with van der Waals surface area (Å²) < 4.78 is 24.3. The maximum atomic E-state index is 13.5. The molecule has 0 spiro atoms. The second kappa shape index (κ2) is 7.76. The summed E-state index contributed by atoms with van der Waals surface area (Å²) >= 11 is 0. The van der Waals surface area contributed by atoms with Gasteiger partial charge in [0.1, 0.15) is 5.82 Å². The number of Topliss-reactive ketones (excluding diaryl/α,β-unsaturated/α-hetero) is 1. The Kier molecular flexibility index (Phi) is 5.00. The van der Waals surface area contributed by atoms with Crippen molar-refractivity contribution in [1.29, 1.82) is 0 Å². The van der Waals surface area contributed by atoms with Gasteiger partial charge in [-0.1, -0.05) is 19.9 Å². The summed E-state index contributed by atoms with van der Waals surface area (Å²) in [6.07, 6.45) is 1.11. The molecule has 2 aromatic carbocycles. The van der Waals surface area contributed by atoms with E-state index >= 15 is 0 Å². The third-order valence-electron chi connectivity index (χ3n) is 6.32. The van der Waals surface area contributed by atoms with Crippen molar-refractivity contribution in [2.75, 3.05) is 12.1 Å². The first-order chi connectivity index (χ1) is 15.7. The molecule has 0 saturated heterocycles. The number of hydrogen-bond acceptors (Lipinski definition) is 5. The monoisotopic (exact) mass is 448 g/mol. The van der Waals surface area contributed by atoms with Crippen LogP contribution in [-0.4, -0.2) is 18.5 Å². The summed E-state index contributed by atoms with van der Waals surface area (Å²) in [5.74, 6) is -0.0378. The van der Waals surface area contributed by atoms with E-state index in [4.69, 9.17) is 9.47 Å². The second-order valence-corrected chi connectivity index (χ2v) is 9.50. The molecule has 1 aliphatic carbocycles. The summed E-state index contributed by atoms with van der Waals surface area (Å²) in [5.41, 5.74) is 3.69. The molecular weight excluding hydrogens is 423 g/mol. The van der Waals surface area contributed by atoms with Crippen LogP contribution in [0.2, 0.25) is 0 Å². The predicted octanol–water partition coefficient (Wildman–Crippen LogP) is 4.80. The van der Waals surface area contributed by atoms with Crippen LogP contribution in [0.5, 0.6) is 11.5 Å². The Morgan fingerprint density at radius 3 is 2.58 bits per heavy atom. The van der Waals surface area contributed by atoms with E-state index in [2.05, 4.69) is 24.5 Å². The fraction of sp³-hybridized carbons (Fsp3) is 0.308. The number of ether oxygens (including phenoxy) is 2. The normalized spacial score (nSPS) is 21.0. The minimum absolute atomic E-state index is 0.0241. The molecule has 1 amide bonds. The Hall–Kier alpha value is -3.61. The van der Waals surface area contributed by atoms with Crippen LogP contribution in [-0.2, 0) is 9.59 Å². The lowest BCUT2D eigenvalue weighted by molar-refractivity contribution is -0.118. The Balaban J connectivity index is 1.60. The molecule has 3 aliphatic rings. The largest absolute Gasteiger partial charge is 0.454 e. The number of amides is 1. The maximum absolute atomic E-state index is 13.5. The third-order valence-corrected chi connectivity index (χ3v) is 6.32. The molecule has 7 heteroatoms.